The number of allylic oxidation sites excluding steroid dienone is 8. The Kier molecular flexibility index (Phi) is 78.3. The molecule has 0 aliphatic heterocycles. The van der Waals surface area contributed by atoms with E-state index in [1.54, 1.807) is 0 Å². The number of aliphatic hydroxyl groups is 2. The van der Waals surface area contributed by atoms with Gasteiger partial charge >= 0.3 is 5.97 Å². The molecule has 0 rings (SSSR count). The molecule has 2 atom stereocenters. The molecule has 0 heterocycles. The molecule has 0 saturated carbocycles. The van der Waals surface area contributed by atoms with Gasteiger partial charge in [-0.3, -0.25) is 9.59 Å². The highest BCUT2D eigenvalue weighted by Crippen LogP contribution is 2.20. The second-order valence-corrected chi connectivity index (χ2v) is 28.5. The molecule has 0 bridgehead atoms. The van der Waals surface area contributed by atoms with Gasteiger partial charge in [0.15, 0.2) is 0 Å². The van der Waals surface area contributed by atoms with Crippen LogP contribution in [0.4, 0.5) is 0 Å². The van der Waals surface area contributed by atoms with Crippen LogP contribution in [0.25, 0.3) is 0 Å². The van der Waals surface area contributed by atoms with Gasteiger partial charge < -0.3 is 20.3 Å². The van der Waals surface area contributed by atoms with Crippen LogP contribution >= 0.6 is 0 Å². The summed E-state index contributed by atoms with van der Waals surface area (Å²) < 4.78 is 5.49. The molecular formula is C85H161NO5. The van der Waals surface area contributed by atoms with E-state index < -0.39 is 12.1 Å². The van der Waals surface area contributed by atoms with E-state index in [-0.39, 0.29) is 18.5 Å². The predicted molar refractivity (Wildman–Crippen MR) is 402 cm³/mol. The van der Waals surface area contributed by atoms with E-state index in [1.807, 2.05) is 0 Å². The molecule has 0 aromatic carbocycles. The second-order valence-electron chi connectivity index (χ2n) is 28.5. The molecule has 0 aliphatic rings. The van der Waals surface area contributed by atoms with Crippen LogP contribution in [0.3, 0.4) is 0 Å². The topological polar surface area (TPSA) is 95.9 Å². The smallest absolute Gasteiger partial charge is 0.305 e. The van der Waals surface area contributed by atoms with E-state index in [9.17, 15) is 19.8 Å². The SMILES string of the molecule is CCCCC/C=C\C/C=C\CCCCCCCC(=O)OCCCCCCCCCCCCCCC/C=C\C/C=C\CCCCCCCCCCCCCCCCCCCC(=O)NC(CO)C(O)CCCCCCCCCCCCCCCCCCCCCCCC. The normalized spacial score (nSPS) is 12.7. The number of nitrogens with one attached hydrogen (secondary N) is 1. The lowest BCUT2D eigenvalue weighted by Crippen LogP contribution is -2.45. The molecule has 0 aliphatic carbocycles. The van der Waals surface area contributed by atoms with E-state index in [0.717, 1.165) is 57.8 Å². The van der Waals surface area contributed by atoms with E-state index in [0.29, 0.717) is 25.9 Å². The van der Waals surface area contributed by atoms with E-state index >= 15 is 0 Å². The molecule has 91 heavy (non-hydrogen) atoms. The Labute approximate surface area is 569 Å². The van der Waals surface area contributed by atoms with Crippen molar-refractivity contribution in [2.75, 3.05) is 13.2 Å². The van der Waals surface area contributed by atoms with Gasteiger partial charge in [-0.05, 0) is 89.9 Å². The molecule has 536 valence electrons. The summed E-state index contributed by atoms with van der Waals surface area (Å²) in [6, 6.07) is -0.541. The van der Waals surface area contributed by atoms with Crippen LogP contribution in [0.2, 0.25) is 0 Å². The predicted octanol–water partition coefficient (Wildman–Crippen LogP) is 27.5. The number of hydrogen-bond donors (Lipinski definition) is 3. The van der Waals surface area contributed by atoms with Crippen molar-refractivity contribution in [1.29, 1.82) is 0 Å². The first kappa shape index (κ1) is 88.8. The fourth-order valence-electron chi connectivity index (χ4n) is 13.1. The zero-order valence-electron chi connectivity index (χ0n) is 61.6. The molecular weight excluding hydrogens is 1110 g/mol. The monoisotopic (exact) mass is 1280 g/mol. The Morgan fingerprint density at radius 2 is 0.549 bits per heavy atom. The number of esters is 1. The Hall–Kier alpha value is -2.18. The van der Waals surface area contributed by atoms with Crippen LogP contribution in [0.1, 0.15) is 457 Å². The average Bonchev–Trinajstić information content (AvgIpc) is 3.69. The molecule has 0 fully saturated rings. The van der Waals surface area contributed by atoms with Gasteiger partial charge in [0.25, 0.3) is 0 Å². The summed E-state index contributed by atoms with van der Waals surface area (Å²) in [5, 5.41) is 23.5. The van der Waals surface area contributed by atoms with Gasteiger partial charge in [0.2, 0.25) is 5.91 Å². The number of carbonyl (C=O) groups is 2. The number of carbonyl (C=O) groups excluding carboxylic acids is 2. The van der Waals surface area contributed by atoms with Crippen molar-refractivity contribution < 1.29 is 24.5 Å². The summed E-state index contributed by atoms with van der Waals surface area (Å²) in [5.74, 6) is -0.0220. The summed E-state index contributed by atoms with van der Waals surface area (Å²) in [7, 11) is 0. The van der Waals surface area contributed by atoms with Crippen molar-refractivity contribution in [2.24, 2.45) is 0 Å². The standard InChI is InChI=1S/C85H161NO5/c1-3-5-7-9-11-13-15-17-19-20-21-22-40-43-46-50-53-57-61-65-69-73-77-83(88)82(81-87)86-84(89)78-74-70-66-62-58-54-51-47-44-41-38-36-34-32-30-28-26-24-23-25-27-29-31-33-35-37-39-42-45-48-52-56-60-64-68-72-76-80-91-85(90)79-75-71-67-63-59-55-49-18-16-14-12-10-8-6-4-2/h12,14,18,23,25,29,31,49,82-83,87-88H,3-11,13,15-17,19-22,24,26-28,30,32-48,50-81H2,1-2H3,(H,86,89)/b14-12-,25-23-,31-29-,49-18-. The summed E-state index contributed by atoms with van der Waals surface area (Å²) in [6.45, 7) is 4.97. The number of unbranched alkanes of at least 4 members (excludes halogenated alkanes) is 59. The van der Waals surface area contributed by atoms with Crippen molar-refractivity contribution >= 4 is 11.9 Å². The van der Waals surface area contributed by atoms with Crippen LogP contribution in [0.15, 0.2) is 48.6 Å². The molecule has 6 nitrogen and oxygen atoms in total. The first-order valence-corrected chi connectivity index (χ1v) is 41.4. The van der Waals surface area contributed by atoms with Crippen molar-refractivity contribution in [1.82, 2.24) is 5.32 Å². The maximum absolute atomic E-state index is 12.6. The van der Waals surface area contributed by atoms with Gasteiger partial charge in [0, 0.05) is 12.8 Å². The molecule has 2 unspecified atom stereocenters. The Bertz CT molecular complexity index is 1520. The highest BCUT2D eigenvalue weighted by molar-refractivity contribution is 5.76. The Balaban J connectivity index is 3.37. The lowest BCUT2D eigenvalue weighted by molar-refractivity contribution is -0.143. The molecule has 0 radical (unpaired) electrons. The third-order valence-corrected chi connectivity index (χ3v) is 19.4. The molecule has 0 aromatic rings. The van der Waals surface area contributed by atoms with Crippen molar-refractivity contribution in [3.63, 3.8) is 0 Å². The molecule has 0 aromatic heterocycles. The quantitative estimate of drug-likeness (QED) is 0.0320. The first-order chi connectivity index (χ1) is 45.0. The largest absolute Gasteiger partial charge is 0.466 e. The van der Waals surface area contributed by atoms with Gasteiger partial charge in [-0.15, -0.1) is 0 Å². The third kappa shape index (κ3) is 76.7. The molecule has 6 heteroatoms. The number of hydrogen-bond acceptors (Lipinski definition) is 5. The first-order valence-electron chi connectivity index (χ1n) is 41.4. The highest BCUT2D eigenvalue weighted by Gasteiger charge is 2.20. The third-order valence-electron chi connectivity index (χ3n) is 19.4. The Morgan fingerprint density at radius 1 is 0.308 bits per heavy atom. The summed E-state index contributed by atoms with van der Waals surface area (Å²) in [5.41, 5.74) is 0. The van der Waals surface area contributed by atoms with Gasteiger partial charge in [-0.2, -0.15) is 0 Å². The Morgan fingerprint density at radius 3 is 0.857 bits per heavy atom. The fourth-order valence-corrected chi connectivity index (χ4v) is 13.1. The lowest BCUT2D eigenvalue weighted by atomic mass is 10.0. The van der Waals surface area contributed by atoms with Gasteiger partial charge in [-0.1, -0.05) is 403 Å². The van der Waals surface area contributed by atoms with Crippen molar-refractivity contribution in [2.45, 2.75) is 469 Å². The summed E-state index contributed by atoms with van der Waals surface area (Å²) in [4.78, 5) is 24.7. The minimum Gasteiger partial charge on any atom is -0.466 e. The van der Waals surface area contributed by atoms with E-state index in [4.69, 9.17) is 4.74 Å². The molecule has 3 N–H and O–H groups in total. The number of amides is 1. The van der Waals surface area contributed by atoms with E-state index in [1.165, 1.54) is 366 Å². The fraction of sp³-hybridized carbons (Fsp3) is 0.882. The maximum Gasteiger partial charge on any atom is 0.305 e. The van der Waals surface area contributed by atoms with Crippen molar-refractivity contribution in [3.05, 3.63) is 48.6 Å². The van der Waals surface area contributed by atoms with Crippen LogP contribution in [-0.2, 0) is 14.3 Å². The maximum atomic E-state index is 12.6. The summed E-state index contributed by atoms with van der Waals surface area (Å²) in [6.07, 6.45) is 106. The molecule has 0 saturated heterocycles. The average molecular weight is 1280 g/mol. The summed E-state index contributed by atoms with van der Waals surface area (Å²) >= 11 is 0. The minimum atomic E-state index is -0.664. The van der Waals surface area contributed by atoms with Crippen molar-refractivity contribution in [3.8, 4) is 0 Å². The van der Waals surface area contributed by atoms with Gasteiger partial charge in [0.05, 0.1) is 25.4 Å². The number of aliphatic hydroxyl groups excluding tert-OH is 2. The minimum absolute atomic E-state index is 0.00519. The van der Waals surface area contributed by atoms with Gasteiger partial charge in [-0.25, -0.2) is 0 Å². The van der Waals surface area contributed by atoms with Crippen LogP contribution < -0.4 is 5.32 Å². The lowest BCUT2D eigenvalue weighted by Gasteiger charge is -2.22. The number of ether oxygens (including phenoxy) is 1. The van der Waals surface area contributed by atoms with Crippen LogP contribution in [0, 0.1) is 0 Å². The second kappa shape index (κ2) is 80.3. The van der Waals surface area contributed by atoms with Crippen LogP contribution in [-0.4, -0.2) is 47.4 Å². The zero-order chi connectivity index (χ0) is 65.6. The zero-order valence-corrected chi connectivity index (χ0v) is 61.6. The van der Waals surface area contributed by atoms with Crippen LogP contribution in [0.5, 0.6) is 0 Å². The highest BCUT2D eigenvalue weighted by atomic mass is 16.5. The van der Waals surface area contributed by atoms with Gasteiger partial charge in [0.1, 0.15) is 0 Å². The molecule has 0 spiro atoms. The molecule has 1 amide bonds. The number of rotatable bonds is 78. The van der Waals surface area contributed by atoms with E-state index in [2.05, 4.69) is 67.8 Å².